The van der Waals surface area contributed by atoms with Crippen LogP contribution >= 0.6 is 0 Å². The Balaban J connectivity index is 1.42. The molecular weight excluding hydrogens is 270 g/mol. The van der Waals surface area contributed by atoms with Crippen molar-refractivity contribution >= 4 is 5.91 Å². The van der Waals surface area contributed by atoms with Crippen LogP contribution in [0.5, 0.6) is 0 Å². The van der Waals surface area contributed by atoms with E-state index in [0.717, 1.165) is 45.4 Å². The van der Waals surface area contributed by atoms with E-state index < -0.39 is 0 Å². The highest BCUT2D eigenvalue weighted by Crippen LogP contribution is 2.17. The summed E-state index contributed by atoms with van der Waals surface area (Å²) < 4.78 is 5.06. The van der Waals surface area contributed by atoms with Gasteiger partial charge in [0.1, 0.15) is 0 Å². The number of hydrogen-bond donors (Lipinski definition) is 2. The highest BCUT2D eigenvalue weighted by atomic mass is 16.5. The normalized spacial score (nSPS) is 26.9. The van der Waals surface area contributed by atoms with E-state index in [1.165, 1.54) is 12.7 Å². The van der Waals surface area contributed by atoms with Gasteiger partial charge >= 0.3 is 0 Å². The van der Waals surface area contributed by atoms with Gasteiger partial charge in [0, 0.05) is 13.1 Å². The van der Waals surface area contributed by atoms with Crippen LogP contribution in [0.2, 0.25) is 0 Å². The molecule has 2 atom stereocenters. The minimum atomic E-state index is 0.0167. The number of rotatable bonds is 5. The van der Waals surface area contributed by atoms with Gasteiger partial charge in [0.25, 0.3) is 0 Å². The summed E-state index contributed by atoms with van der Waals surface area (Å²) in [6.07, 6.45) is 5.81. The molecule has 7 heteroatoms. The largest absolute Gasteiger partial charge is 0.354 e. The zero-order valence-corrected chi connectivity index (χ0v) is 12.3. The maximum absolute atomic E-state index is 12.0. The molecule has 2 N–H and O–H groups in total. The Hall–Kier alpha value is -1.47. The van der Waals surface area contributed by atoms with Crippen molar-refractivity contribution in [3.8, 4) is 0 Å². The molecular formula is C14H23N5O2. The van der Waals surface area contributed by atoms with E-state index in [1.54, 1.807) is 0 Å². The fraction of sp³-hybridized carbons (Fsp3) is 0.786. The summed E-state index contributed by atoms with van der Waals surface area (Å²) in [5, 5.41) is 9.96. The van der Waals surface area contributed by atoms with Crippen LogP contribution in [-0.4, -0.2) is 53.2 Å². The molecule has 1 aromatic heterocycles. The van der Waals surface area contributed by atoms with E-state index in [9.17, 15) is 4.79 Å². The highest BCUT2D eigenvalue weighted by molar-refractivity contribution is 5.81. The van der Waals surface area contributed by atoms with Crippen molar-refractivity contribution in [1.29, 1.82) is 0 Å². The standard InChI is InChI=1S/C14H23N5O2/c20-14(12-4-1-5-15-12)16-7-11-3-2-6-19(8-11)9-13-17-10-18-21-13/h10-12,15H,1-9H2,(H,16,20). The second-order valence-electron chi connectivity index (χ2n) is 5.97. The quantitative estimate of drug-likeness (QED) is 0.804. The Morgan fingerprint density at radius 3 is 3.19 bits per heavy atom. The number of piperidine rings is 1. The van der Waals surface area contributed by atoms with Gasteiger partial charge in [-0.2, -0.15) is 4.98 Å². The van der Waals surface area contributed by atoms with Crippen molar-refractivity contribution in [3.63, 3.8) is 0 Å². The molecule has 3 heterocycles. The number of nitrogens with one attached hydrogen (secondary N) is 2. The lowest BCUT2D eigenvalue weighted by atomic mass is 9.98. The Morgan fingerprint density at radius 1 is 1.48 bits per heavy atom. The Labute approximate surface area is 124 Å². The summed E-state index contributed by atoms with van der Waals surface area (Å²) in [5.41, 5.74) is 0. The van der Waals surface area contributed by atoms with Gasteiger partial charge in [-0.1, -0.05) is 5.16 Å². The molecule has 0 aromatic carbocycles. The Kier molecular flexibility index (Phi) is 4.82. The van der Waals surface area contributed by atoms with E-state index in [0.29, 0.717) is 18.4 Å². The molecule has 7 nitrogen and oxygen atoms in total. The first-order chi connectivity index (χ1) is 10.3. The molecule has 0 aliphatic carbocycles. The van der Waals surface area contributed by atoms with Crippen LogP contribution in [0.25, 0.3) is 0 Å². The predicted octanol–water partition coefficient (Wildman–Crippen LogP) is 0.150. The zero-order valence-electron chi connectivity index (χ0n) is 12.3. The molecule has 2 fully saturated rings. The number of aromatic nitrogens is 2. The monoisotopic (exact) mass is 293 g/mol. The summed E-state index contributed by atoms with van der Waals surface area (Å²) in [4.78, 5) is 18.4. The molecule has 2 saturated heterocycles. The van der Waals surface area contributed by atoms with Gasteiger partial charge in [-0.3, -0.25) is 9.69 Å². The SMILES string of the molecule is O=C(NCC1CCCN(Cc2ncno2)C1)C1CCCN1. The molecule has 116 valence electrons. The summed E-state index contributed by atoms with van der Waals surface area (Å²) >= 11 is 0. The lowest BCUT2D eigenvalue weighted by Crippen LogP contribution is -2.45. The maximum Gasteiger partial charge on any atom is 0.240 e. The number of amides is 1. The van der Waals surface area contributed by atoms with E-state index in [2.05, 4.69) is 25.7 Å². The molecule has 0 radical (unpaired) electrons. The average Bonchev–Trinajstić information content (AvgIpc) is 3.18. The first kappa shape index (κ1) is 14.5. The highest BCUT2D eigenvalue weighted by Gasteiger charge is 2.25. The van der Waals surface area contributed by atoms with Gasteiger partial charge in [-0.15, -0.1) is 0 Å². The van der Waals surface area contributed by atoms with E-state index >= 15 is 0 Å². The first-order valence-corrected chi connectivity index (χ1v) is 7.80. The molecule has 1 aromatic rings. The number of likely N-dealkylation sites (tertiary alicyclic amines) is 1. The molecule has 1 amide bonds. The maximum atomic E-state index is 12.0. The molecule has 2 aliphatic heterocycles. The molecule has 3 rings (SSSR count). The van der Waals surface area contributed by atoms with Crippen LogP contribution in [-0.2, 0) is 11.3 Å². The third-order valence-corrected chi connectivity index (χ3v) is 4.31. The van der Waals surface area contributed by atoms with Crippen LogP contribution in [0.1, 0.15) is 31.6 Å². The Morgan fingerprint density at radius 2 is 2.43 bits per heavy atom. The molecule has 21 heavy (non-hydrogen) atoms. The van der Waals surface area contributed by atoms with Gasteiger partial charge in [-0.25, -0.2) is 0 Å². The number of carbonyl (C=O) groups excluding carboxylic acids is 1. The molecule has 0 bridgehead atoms. The number of carbonyl (C=O) groups is 1. The number of nitrogens with zero attached hydrogens (tertiary/aromatic N) is 3. The lowest BCUT2D eigenvalue weighted by molar-refractivity contribution is -0.123. The summed E-state index contributed by atoms with van der Waals surface area (Å²) in [6.45, 7) is 4.45. The van der Waals surface area contributed by atoms with Crippen LogP contribution < -0.4 is 10.6 Å². The van der Waals surface area contributed by atoms with Crippen molar-refractivity contribution < 1.29 is 9.32 Å². The second-order valence-corrected chi connectivity index (χ2v) is 5.97. The van der Waals surface area contributed by atoms with Crippen LogP contribution in [0, 0.1) is 5.92 Å². The molecule has 0 spiro atoms. The topological polar surface area (TPSA) is 83.3 Å². The van der Waals surface area contributed by atoms with Crippen LogP contribution in [0.4, 0.5) is 0 Å². The van der Waals surface area contributed by atoms with Crippen molar-refractivity contribution in [3.05, 3.63) is 12.2 Å². The van der Waals surface area contributed by atoms with Crippen LogP contribution in [0.3, 0.4) is 0 Å². The van der Waals surface area contributed by atoms with Crippen molar-refractivity contribution in [1.82, 2.24) is 25.7 Å². The van der Waals surface area contributed by atoms with Gasteiger partial charge in [0.2, 0.25) is 11.8 Å². The van der Waals surface area contributed by atoms with Gasteiger partial charge < -0.3 is 15.2 Å². The molecule has 2 unspecified atom stereocenters. The van der Waals surface area contributed by atoms with Crippen molar-refractivity contribution in [2.24, 2.45) is 5.92 Å². The van der Waals surface area contributed by atoms with E-state index in [4.69, 9.17) is 4.52 Å². The zero-order chi connectivity index (χ0) is 14.5. The van der Waals surface area contributed by atoms with Gasteiger partial charge in [0.15, 0.2) is 6.33 Å². The van der Waals surface area contributed by atoms with E-state index in [1.807, 2.05) is 0 Å². The molecule has 2 aliphatic rings. The predicted molar refractivity (Wildman–Crippen MR) is 76.3 cm³/mol. The average molecular weight is 293 g/mol. The third kappa shape index (κ3) is 4.01. The van der Waals surface area contributed by atoms with E-state index in [-0.39, 0.29) is 11.9 Å². The number of hydrogen-bond acceptors (Lipinski definition) is 6. The fourth-order valence-corrected chi connectivity index (χ4v) is 3.19. The van der Waals surface area contributed by atoms with Crippen molar-refractivity contribution in [2.45, 2.75) is 38.3 Å². The lowest BCUT2D eigenvalue weighted by Gasteiger charge is -2.32. The molecule has 0 saturated carbocycles. The summed E-state index contributed by atoms with van der Waals surface area (Å²) in [6, 6.07) is 0.0167. The minimum absolute atomic E-state index is 0.0167. The first-order valence-electron chi connectivity index (χ1n) is 7.80. The van der Waals surface area contributed by atoms with Crippen molar-refractivity contribution in [2.75, 3.05) is 26.2 Å². The summed E-state index contributed by atoms with van der Waals surface area (Å²) in [5.74, 6) is 1.32. The smallest absolute Gasteiger partial charge is 0.240 e. The van der Waals surface area contributed by atoms with Crippen LogP contribution in [0.15, 0.2) is 10.9 Å². The fourth-order valence-electron chi connectivity index (χ4n) is 3.19. The second kappa shape index (κ2) is 7.00. The Bertz CT molecular complexity index is 444. The minimum Gasteiger partial charge on any atom is -0.354 e. The summed E-state index contributed by atoms with van der Waals surface area (Å²) in [7, 11) is 0. The third-order valence-electron chi connectivity index (χ3n) is 4.31. The van der Waals surface area contributed by atoms with Gasteiger partial charge in [0.05, 0.1) is 12.6 Å². The van der Waals surface area contributed by atoms with Gasteiger partial charge in [-0.05, 0) is 44.7 Å².